The molecule has 0 spiro atoms. The van der Waals surface area contributed by atoms with Crippen molar-refractivity contribution in [2.75, 3.05) is 45.8 Å². The number of benzene rings is 1. The lowest BCUT2D eigenvalue weighted by Gasteiger charge is -2.28. The van der Waals surface area contributed by atoms with Crippen molar-refractivity contribution in [2.24, 2.45) is 99.5 Å². The molecule has 0 aliphatic carbocycles. The van der Waals surface area contributed by atoms with E-state index >= 15 is 0 Å². The summed E-state index contributed by atoms with van der Waals surface area (Å²) in [4.78, 5) is 131. The number of aliphatic carboxylic acids is 1. The van der Waals surface area contributed by atoms with Crippen LogP contribution in [0.1, 0.15) is 108 Å². The van der Waals surface area contributed by atoms with E-state index < -0.39 is 95.7 Å². The number of guanidine groups is 5. The predicted octanol–water partition coefficient (Wildman–Crippen LogP) is -7.73. The third kappa shape index (κ3) is 33.9. The number of phenols is 1. The Bertz CT molecular complexity index is 2430. The summed E-state index contributed by atoms with van der Waals surface area (Å²) in [5, 5.41) is 38.6. The van der Waals surface area contributed by atoms with Crippen LogP contribution in [0, 0.1) is 0 Å². The van der Waals surface area contributed by atoms with Crippen LogP contribution >= 0.6 is 0 Å². The fourth-order valence-electron chi connectivity index (χ4n) is 8.24. The molecule has 8 atom stereocenters. The lowest BCUT2D eigenvalue weighted by Crippen LogP contribution is -2.60. The lowest BCUT2D eigenvalue weighted by molar-refractivity contribution is -0.142. The number of rotatable bonds is 45. The molecule has 0 fully saturated rings. The van der Waals surface area contributed by atoms with Crippen molar-refractivity contribution in [1.29, 1.82) is 0 Å². The molecule has 0 aromatic heterocycles. The molecular weight excluding hydrogens is 1120 g/mol. The van der Waals surface area contributed by atoms with Gasteiger partial charge < -0.3 is 122 Å². The number of amides is 7. The molecule has 7 amide bonds. The Balaban J connectivity index is 3.81. The minimum Gasteiger partial charge on any atom is -0.508 e. The molecule has 35 nitrogen and oxygen atoms in total. The lowest BCUT2D eigenvalue weighted by atomic mass is 10.0. The molecule has 0 saturated heterocycles. The van der Waals surface area contributed by atoms with E-state index in [9.17, 15) is 48.6 Å². The molecule has 0 aliphatic heterocycles. The zero-order chi connectivity index (χ0) is 64.6. The molecule has 1 aromatic rings. The Labute approximate surface area is 499 Å². The Morgan fingerprint density at radius 2 is 0.616 bits per heavy atom. The molecule has 0 heterocycles. The summed E-state index contributed by atoms with van der Waals surface area (Å²) in [6.45, 7) is 0.797. The summed E-state index contributed by atoms with van der Waals surface area (Å²) in [6, 6.07) is -5.22. The number of carboxylic acid groups (broad SMARTS) is 1. The van der Waals surface area contributed by atoms with Crippen LogP contribution < -0.4 is 112 Å². The number of nitrogens with one attached hydrogen (secondary N) is 7. The molecule has 484 valence electrons. The number of nitrogens with two attached hydrogens (primary N) is 13. The maximum atomic E-state index is 14.7. The first-order chi connectivity index (χ1) is 40.8. The van der Waals surface area contributed by atoms with Gasteiger partial charge in [-0.25, -0.2) is 4.79 Å². The highest BCUT2D eigenvalue weighted by Gasteiger charge is 2.35. The third-order valence-corrected chi connectivity index (χ3v) is 12.8. The van der Waals surface area contributed by atoms with Crippen molar-refractivity contribution in [1.82, 2.24) is 37.2 Å². The van der Waals surface area contributed by atoms with Crippen LogP contribution in [0.2, 0.25) is 0 Å². The molecule has 0 unspecified atom stereocenters. The minimum absolute atomic E-state index is 0.000567. The average Bonchev–Trinajstić information content (AvgIpc) is 3.64. The van der Waals surface area contributed by atoms with E-state index in [4.69, 9.17) is 74.5 Å². The number of carbonyl (C=O) groups is 8. The van der Waals surface area contributed by atoms with Crippen LogP contribution in [0.15, 0.2) is 49.2 Å². The summed E-state index contributed by atoms with van der Waals surface area (Å²) in [6.07, 6.45) is 2.05. The molecule has 35 N–H and O–H groups in total. The van der Waals surface area contributed by atoms with Crippen molar-refractivity contribution < 1.29 is 48.6 Å². The van der Waals surface area contributed by atoms with Gasteiger partial charge in [0.2, 0.25) is 41.4 Å². The van der Waals surface area contributed by atoms with E-state index in [1.165, 1.54) is 24.3 Å². The monoisotopic (exact) mass is 1220 g/mol. The van der Waals surface area contributed by atoms with E-state index in [-0.39, 0.29) is 152 Å². The largest absolute Gasteiger partial charge is 0.508 e. The average molecular weight is 1220 g/mol. The number of phenolic OH excluding ortho intramolecular Hbond substituents is 1. The van der Waals surface area contributed by atoms with Gasteiger partial charge in [0.15, 0.2) is 29.8 Å². The normalized spacial score (nSPS) is 13.6. The van der Waals surface area contributed by atoms with Crippen LogP contribution in [-0.4, -0.2) is 181 Å². The Morgan fingerprint density at radius 3 is 0.919 bits per heavy atom. The summed E-state index contributed by atoms with van der Waals surface area (Å²) in [7, 11) is 0. The molecule has 1 aromatic carbocycles. The molecule has 0 bridgehead atoms. The topological polar surface area (TPSA) is 661 Å². The molecule has 0 saturated carbocycles. The van der Waals surface area contributed by atoms with Crippen LogP contribution in [-0.2, 0) is 44.8 Å². The Morgan fingerprint density at radius 1 is 0.360 bits per heavy atom. The molecule has 1 rings (SSSR count). The summed E-state index contributed by atoms with van der Waals surface area (Å²) in [5.41, 5.74) is 73.0. The van der Waals surface area contributed by atoms with Gasteiger partial charge in [0.1, 0.15) is 48.0 Å². The van der Waals surface area contributed by atoms with Gasteiger partial charge in [-0.2, -0.15) is 0 Å². The number of carbonyl (C=O) groups excluding carboxylic acids is 7. The first-order valence-electron chi connectivity index (χ1n) is 28.3. The highest BCUT2D eigenvalue weighted by atomic mass is 16.4. The van der Waals surface area contributed by atoms with Crippen LogP contribution in [0.4, 0.5) is 0 Å². The Hall–Kier alpha value is -8.99. The SMILES string of the molecule is NCCCC[C@H](NC(=O)[C@H](CCCCN)NC(=O)[C@@H](N)CCCN=C(N)N)C(=O)N[C@@H](CCCN=C(N)N)C(=O)N[C@@H](CCCN=C(N)N)C(=O)N[C@@H](Cc1ccc(O)cc1)C(=O)N[C@@H](CCCN=C(N)N)C(=O)N[C@@H](CCCN=C(N)N)C(=O)O. The molecule has 35 heteroatoms. The number of carboxylic acids is 1. The number of hydrogen-bond acceptors (Lipinski definition) is 17. The fourth-order valence-corrected chi connectivity index (χ4v) is 8.24. The van der Waals surface area contributed by atoms with E-state index in [1.54, 1.807) is 0 Å². The first-order valence-corrected chi connectivity index (χ1v) is 28.3. The first kappa shape index (κ1) is 75.0. The molecule has 86 heavy (non-hydrogen) atoms. The number of aromatic hydroxyl groups is 1. The van der Waals surface area contributed by atoms with Gasteiger partial charge in [-0.1, -0.05) is 12.1 Å². The van der Waals surface area contributed by atoms with Gasteiger partial charge in [-0.15, -0.1) is 0 Å². The zero-order valence-electron chi connectivity index (χ0n) is 48.8. The van der Waals surface area contributed by atoms with Crippen LogP contribution in [0.3, 0.4) is 0 Å². The van der Waals surface area contributed by atoms with E-state index in [2.05, 4.69) is 62.2 Å². The second-order valence-corrected chi connectivity index (χ2v) is 20.1. The van der Waals surface area contributed by atoms with Gasteiger partial charge in [-0.3, -0.25) is 58.5 Å². The van der Waals surface area contributed by atoms with Gasteiger partial charge in [-0.05, 0) is 134 Å². The summed E-state index contributed by atoms with van der Waals surface area (Å²) < 4.78 is 0. The van der Waals surface area contributed by atoms with Gasteiger partial charge >= 0.3 is 5.97 Å². The van der Waals surface area contributed by atoms with Crippen molar-refractivity contribution in [3.63, 3.8) is 0 Å². The molecule has 0 aliphatic rings. The van der Waals surface area contributed by atoms with Crippen LogP contribution in [0.25, 0.3) is 0 Å². The van der Waals surface area contributed by atoms with Crippen molar-refractivity contribution >= 4 is 77.1 Å². The number of aliphatic imine (C=N–C) groups is 5. The van der Waals surface area contributed by atoms with E-state index in [0.29, 0.717) is 44.2 Å². The smallest absolute Gasteiger partial charge is 0.326 e. The highest BCUT2D eigenvalue weighted by Crippen LogP contribution is 2.14. The van der Waals surface area contributed by atoms with Crippen molar-refractivity contribution in [2.45, 2.75) is 157 Å². The second kappa shape index (κ2) is 42.8. The molecular formula is C51H95N25O10. The maximum absolute atomic E-state index is 14.7. The minimum atomic E-state index is -1.53. The van der Waals surface area contributed by atoms with E-state index in [0.717, 1.165) is 0 Å². The third-order valence-electron chi connectivity index (χ3n) is 12.8. The quantitative estimate of drug-likeness (QED) is 0.0164. The summed E-state index contributed by atoms with van der Waals surface area (Å²) >= 11 is 0. The maximum Gasteiger partial charge on any atom is 0.326 e. The van der Waals surface area contributed by atoms with Gasteiger partial charge in [0.25, 0.3) is 0 Å². The predicted molar refractivity (Wildman–Crippen MR) is 326 cm³/mol. The van der Waals surface area contributed by atoms with E-state index in [1.807, 2.05) is 0 Å². The molecule has 0 radical (unpaired) electrons. The number of hydrogen-bond donors (Lipinski definition) is 22. The summed E-state index contributed by atoms with van der Waals surface area (Å²) in [5.74, 6) is -8.48. The van der Waals surface area contributed by atoms with Gasteiger partial charge in [0.05, 0.1) is 6.04 Å². The van der Waals surface area contributed by atoms with Crippen LogP contribution in [0.5, 0.6) is 5.75 Å². The Kier molecular flexibility index (Phi) is 37.3. The number of nitrogens with zero attached hydrogens (tertiary/aromatic N) is 5. The standard InChI is InChI=1S/C51H95N25O10/c52-21-3-1-11-32(70-39(78)31(54)10-5-23-65-47(55)56)40(79)71-33(12-2-4-22-53)41(80)72-34(13-6-24-66-48(57)58)42(81)73-36(15-8-26-68-50(61)62)44(83)76-38(28-29-17-19-30(77)20-18-29)45(84)74-35(14-7-25-67-49(59)60)43(82)75-37(46(85)86)16-9-27-69-51(63)64/h17-20,31-38,77H,1-16,21-28,52-54H2,(H,70,78)(H,71,79)(H,72,80)(H,73,81)(H,74,84)(H,75,82)(H,76,83)(H,85,86)(H4,55,56,65)(H4,57,58,66)(H4,59,60,67)(H4,61,62,68)(H4,63,64,69)/t31-,32-,33-,34-,35-,36-,37-,38-/m0/s1. The van der Waals surface area contributed by atoms with Gasteiger partial charge in [0, 0.05) is 39.1 Å². The second-order valence-electron chi connectivity index (χ2n) is 20.1. The van der Waals surface area contributed by atoms with Crippen molar-refractivity contribution in [3.8, 4) is 5.75 Å². The zero-order valence-corrected chi connectivity index (χ0v) is 48.8. The fraction of sp³-hybridized carbons (Fsp3) is 0.627. The number of unbranched alkanes of at least 4 members (excludes halogenated alkanes) is 2. The highest BCUT2D eigenvalue weighted by molar-refractivity contribution is 5.98. The van der Waals surface area contributed by atoms with Crippen molar-refractivity contribution in [3.05, 3.63) is 29.8 Å².